The van der Waals surface area contributed by atoms with E-state index >= 15 is 0 Å². The number of carbonyl (C=O) groups excluding carboxylic acids is 1. The molecular weight excluding hydrogens is 413 g/mol. The van der Waals surface area contributed by atoms with Gasteiger partial charge in [0.2, 0.25) is 5.28 Å². The summed E-state index contributed by atoms with van der Waals surface area (Å²) in [6.07, 6.45) is 3.31. The number of halogens is 2. The molecule has 0 saturated carbocycles. The predicted molar refractivity (Wildman–Crippen MR) is 114 cm³/mol. The lowest BCUT2D eigenvalue weighted by Crippen LogP contribution is -2.10. The molecule has 1 N–H and O–H groups in total. The molecule has 1 aromatic carbocycles. The van der Waals surface area contributed by atoms with Gasteiger partial charge in [-0.25, -0.2) is 4.98 Å². The van der Waals surface area contributed by atoms with Gasteiger partial charge in [-0.05, 0) is 54.6 Å². The minimum absolute atomic E-state index is 0.0201. The molecule has 0 unspecified atom stereocenters. The van der Waals surface area contributed by atoms with Crippen LogP contribution in [0.1, 0.15) is 36.8 Å². The Bertz CT molecular complexity index is 905. The highest BCUT2D eigenvalue weighted by Gasteiger charge is 2.28. The highest BCUT2D eigenvalue weighted by Crippen LogP contribution is 2.40. The summed E-state index contributed by atoms with van der Waals surface area (Å²) in [5, 5.41) is 3.69. The molecule has 0 saturated heterocycles. The molecule has 1 aromatic heterocycles. The molecule has 0 aliphatic heterocycles. The minimum atomic E-state index is -0.190. The standard InChI is InChI=1S/C21H23Cl2N3O3/c1-3-28-19(27)11-17-13(2)9-14-10-15(5-6-16(14)17)29-8-4-7-24-20-18(22)12-25-21(23)26-20/h5-6,10,12,17H,2-4,7-9,11H2,1H3,(H,24,25,26)/t17-/m1/s1. The van der Waals surface area contributed by atoms with E-state index in [2.05, 4.69) is 21.9 Å². The third-order valence-corrected chi connectivity index (χ3v) is 5.13. The van der Waals surface area contributed by atoms with Crippen LogP contribution in [-0.2, 0) is 16.0 Å². The first-order chi connectivity index (χ1) is 14.0. The van der Waals surface area contributed by atoms with Gasteiger partial charge in [0.1, 0.15) is 16.6 Å². The van der Waals surface area contributed by atoms with Gasteiger partial charge in [0.15, 0.2) is 0 Å². The monoisotopic (exact) mass is 435 g/mol. The number of hydrogen-bond acceptors (Lipinski definition) is 6. The van der Waals surface area contributed by atoms with E-state index in [1.807, 2.05) is 25.1 Å². The predicted octanol–water partition coefficient (Wildman–Crippen LogP) is 4.81. The van der Waals surface area contributed by atoms with E-state index in [1.54, 1.807) is 0 Å². The largest absolute Gasteiger partial charge is 0.494 e. The van der Waals surface area contributed by atoms with Gasteiger partial charge in [-0.1, -0.05) is 29.8 Å². The van der Waals surface area contributed by atoms with Gasteiger partial charge in [-0.2, -0.15) is 4.98 Å². The zero-order valence-corrected chi connectivity index (χ0v) is 17.7. The molecule has 0 radical (unpaired) electrons. The molecule has 0 bridgehead atoms. The van der Waals surface area contributed by atoms with Gasteiger partial charge in [0.05, 0.1) is 25.8 Å². The fourth-order valence-corrected chi connectivity index (χ4v) is 3.62. The quantitative estimate of drug-likeness (QED) is 0.263. The number of aromatic nitrogens is 2. The molecule has 1 atom stereocenters. The van der Waals surface area contributed by atoms with Gasteiger partial charge in [-0.3, -0.25) is 4.79 Å². The highest BCUT2D eigenvalue weighted by atomic mass is 35.5. The smallest absolute Gasteiger partial charge is 0.306 e. The van der Waals surface area contributed by atoms with Crippen LogP contribution < -0.4 is 10.1 Å². The van der Waals surface area contributed by atoms with Crippen molar-refractivity contribution < 1.29 is 14.3 Å². The summed E-state index contributed by atoms with van der Waals surface area (Å²) in [7, 11) is 0. The van der Waals surface area contributed by atoms with Crippen LogP contribution in [0.3, 0.4) is 0 Å². The van der Waals surface area contributed by atoms with Crippen LogP contribution in [0.5, 0.6) is 5.75 Å². The number of esters is 1. The van der Waals surface area contributed by atoms with Crippen molar-refractivity contribution in [3.63, 3.8) is 0 Å². The molecule has 1 heterocycles. The number of rotatable bonds is 9. The second-order valence-electron chi connectivity index (χ2n) is 6.72. The number of nitrogens with zero attached hydrogens (tertiary/aromatic N) is 2. The molecular formula is C21H23Cl2N3O3. The van der Waals surface area contributed by atoms with Crippen LogP contribution in [0.2, 0.25) is 10.3 Å². The van der Waals surface area contributed by atoms with Crippen molar-refractivity contribution in [1.29, 1.82) is 0 Å². The number of nitrogens with one attached hydrogen (secondary N) is 1. The lowest BCUT2D eigenvalue weighted by Gasteiger charge is -2.13. The zero-order valence-electron chi connectivity index (χ0n) is 16.2. The first-order valence-electron chi connectivity index (χ1n) is 9.48. The second kappa shape index (κ2) is 9.94. The molecule has 6 nitrogen and oxygen atoms in total. The van der Waals surface area contributed by atoms with Crippen molar-refractivity contribution in [2.24, 2.45) is 0 Å². The van der Waals surface area contributed by atoms with Gasteiger partial charge in [0.25, 0.3) is 0 Å². The number of hydrogen-bond donors (Lipinski definition) is 1. The molecule has 154 valence electrons. The van der Waals surface area contributed by atoms with Crippen LogP contribution in [0, 0.1) is 0 Å². The van der Waals surface area contributed by atoms with Gasteiger partial charge in [-0.15, -0.1) is 0 Å². The molecule has 0 amide bonds. The van der Waals surface area contributed by atoms with Gasteiger partial charge < -0.3 is 14.8 Å². The Kier molecular flexibility index (Phi) is 7.34. The maximum absolute atomic E-state index is 11.8. The number of carbonyl (C=O) groups is 1. The summed E-state index contributed by atoms with van der Waals surface area (Å²) in [6.45, 7) is 7.51. The van der Waals surface area contributed by atoms with E-state index in [4.69, 9.17) is 32.7 Å². The van der Waals surface area contributed by atoms with E-state index < -0.39 is 0 Å². The van der Waals surface area contributed by atoms with Crippen molar-refractivity contribution in [3.8, 4) is 5.75 Å². The lowest BCUT2D eigenvalue weighted by atomic mass is 9.95. The van der Waals surface area contributed by atoms with Crippen LogP contribution in [-0.4, -0.2) is 35.7 Å². The number of allylic oxidation sites excluding steroid dienone is 1. The minimum Gasteiger partial charge on any atom is -0.494 e. The summed E-state index contributed by atoms with van der Waals surface area (Å²) in [5.41, 5.74) is 3.32. The Morgan fingerprint density at radius 1 is 1.38 bits per heavy atom. The van der Waals surface area contributed by atoms with Crippen molar-refractivity contribution in [2.75, 3.05) is 25.1 Å². The Hall–Kier alpha value is -2.31. The van der Waals surface area contributed by atoms with Crippen molar-refractivity contribution in [2.45, 2.75) is 32.1 Å². The van der Waals surface area contributed by atoms with Gasteiger partial charge >= 0.3 is 5.97 Å². The molecule has 3 rings (SSSR count). The van der Waals surface area contributed by atoms with Crippen LogP contribution >= 0.6 is 23.2 Å². The molecule has 2 aromatic rings. The second-order valence-corrected chi connectivity index (χ2v) is 7.47. The van der Waals surface area contributed by atoms with Gasteiger partial charge in [0, 0.05) is 12.5 Å². The van der Waals surface area contributed by atoms with Crippen LogP contribution in [0.4, 0.5) is 5.82 Å². The van der Waals surface area contributed by atoms with E-state index in [9.17, 15) is 4.79 Å². The summed E-state index contributed by atoms with van der Waals surface area (Å²) < 4.78 is 10.9. The lowest BCUT2D eigenvalue weighted by molar-refractivity contribution is -0.143. The maximum Gasteiger partial charge on any atom is 0.306 e. The third kappa shape index (κ3) is 5.61. The van der Waals surface area contributed by atoms with E-state index in [0.717, 1.165) is 35.3 Å². The van der Waals surface area contributed by atoms with E-state index in [1.165, 1.54) is 6.20 Å². The Balaban J connectivity index is 1.49. The Morgan fingerprint density at radius 2 is 2.21 bits per heavy atom. The summed E-state index contributed by atoms with van der Waals surface area (Å²) >= 11 is 11.8. The number of benzene rings is 1. The molecule has 1 aliphatic rings. The van der Waals surface area contributed by atoms with E-state index in [0.29, 0.717) is 37.0 Å². The first kappa shape index (κ1) is 21.4. The number of ether oxygens (including phenoxy) is 2. The number of anilines is 1. The first-order valence-corrected chi connectivity index (χ1v) is 10.2. The van der Waals surface area contributed by atoms with Crippen molar-refractivity contribution in [1.82, 2.24) is 9.97 Å². The fourth-order valence-electron chi connectivity index (χ4n) is 3.33. The van der Waals surface area contributed by atoms with Crippen LogP contribution in [0.25, 0.3) is 0 Å². The summed E-state index contributed by atoms with van der Waals surface area (Å²) in [5.74, 6) is 1.14. The normalized spacial score (nSPS) is 15.1. The molecule has 0 fully saturated rings. The molecule has 8 heteroatoms. The highest BCUT2D eigenvalue weighted by molar-refractivity contribution is 6.33. The topological polar surface area (TPSA) is 73.3 Å². The Morgan fingerprint density at radius 3 is 3.00 bits per heavy atom. The maximum atomic E-state index is 11.8. The fraction of sp³-hybridized carbons (Fsp3) is 0.381. The summed E-state index contributed by atoms with van der Waals surface area (Å²) in [6, 6.07) is 5.98. The summed E-state index contributed by atoms with van der Waals surface area (Å²) in [4.78, 5) is 19.7. The Labute approximate surface area is 180 Å². The van der Waals surface area contributed by atoms with Crippen LogP contribution in [0.15, 0.2) is 36.5 Å². The molecule has 1 aliphatic carbocycles. The molecule has 29 heavy (non-hydrogen) atoms. The SMILES string of the molecule is C=C1Cc2cc(OCCCNc3nc(Cl)ncc3Cl)ccc2[C@@H]1CC(=O)OCC. The van der Waals surface area contributed by atoms with Crippen molar-refractivity contribution >= 4 is 35.0 Å². The average Bonchev–Trinajstić information content (AvgIpc) is 2.99. The van der Waals surface area contributed by atoms with E-state index in [-0.39, 0.29) is 17.2 Å². The zero-order chi connectivity index (χ0) is 20.8. The number of fused-ring (bicyclic) bond motifs is 1. The third-order valence-electron chi connectivity index (χ3n) is 4.67. The molecule has 0 spiro atoms. The van der Waals surface area contributed by atoms with Crippen molar-refractivity contribution in [3.05, 3.63) is 58.0 Å². The average molecular weight is 436 g/mol.